The molecule has 1 saturated carbocycles. The van der Waals surface area contributed by atoms with Gasteiger partial charge in [-0.3, -0.25) is 0 Å². The van der Waals surface area contributed by atoms with Crippen LogP contribution in [0.3, 0.4) is 0 Å². The smallest absolute Gasteiger partial charge is 0.231 e. The molecule has 1 heterocycles. The van der Waals surface area contributed by atoms with E-state index in [0.29, 0.717) is 11.5 Å². The van der Waals surface area contributed by atoms with Crippen molar-refractivity contribution in [1.29, 1.82) is 0 Å². The first-order valence-corrected chi connectivity index (χ1v) is 9.58. The molecule has 0 atom stereocenters. The molecule has 2 aliphatic rings. The monoisotopic (exact) mass is 371 g/mol. The molecule has 0 saturated heterocycles. The molecule has 0 amide bonds. The highest BCUT2D eigenvalue weighted by Gasteiger charge is 2.30. The SMILES string of the molecule is CSC1(CNCc2cc(Br)c3c(c2)OCO3)CCCCC1. The highest BCUT2D eigenvalue weighted by molar-refractivity contribution is 9.10. The molecular formula is C16H22BrNO2S. The van der Waals surface area contributed by atoms with E-state index in [4.69, 9.17) is 9.47 Å². The zero-order valence-electron chi connectivity index (χ0n) is 12.4. The van der Waals surface area contributed by atoms with Crippen LogP contribution in [0.25, 0.3) is 0 Å². The molecule has 0 aromatic heterocycles. The van der Waals surface area contributed by atoms with Gasteiger partial charge in [0.2, 0.25) is 6.79 Å². The molecular weight excluding hydrogens is 350 g/mol. The van der Waals surface area contributed by atoms with Gasteiger partial charge in [0.1, 0.15) is 0 Å². The van der Waals surface area contributed by atoms with Crippen molar-refractivity contribution in [3.05, 3.63) is 22.2 Å². The second-order valence-corrected chi connectivity index (χ2v) is 7.99. The average Bonchev–Trinajstić information content (AvgIpc) is 2.97. The fraction of sp³-hybridized carbons (Fsp3) is 0.625. The van der Waals surface area contributed by atoms with Gasteiger partial charge in [-0.2, -0.15) is 11.8 Å². The lowest BCUT2D eigenvalue weighted by Crippen LogP contribution is -2.39. The van der Waals surface area contributed by atoms with Crippen LogP contribution in [0.15, 0.2) is 16.6 Å². The molecule has 3 rings (SSSR count). The molecule has 1 aliphatic heterocycles. The molecule has 5 heteroatoms. The second-order valence-electron chi connectivity index (χ2n) is 5.86. The quantitative estimate of drug-likeness (QED) is 0.833. The Morgan fingerprint density at radius 3 is 2.81 bits per heavy atom. The molecule has 21 heavy (non-hydrogen) atoms. The number of nitrogens with one attached hydrogen (secondary N) is 1. The van der Waals surface area contributed by atoms with E-state index in [0.717, 1.165) is 29.1 Å². The van der Waals surface area contributed by atoms with Crippen molar-refractivity contribution >= 4 is 27.7 Å². The third-order valence-corrected chi connectivity index (χ3v) is 6.47. The molecule has 0 radical (unpaired) electrons. The van der Waals surface area contributed by atoms with E-state index in [9.17, 15) is 0 Å². The zero-order valence-corrected chi connectivity index (χ0v) is 14.8. The van der Waals surface area contributed by atoms with Crippen molar-refractivity contribution in [2.45, 2.75) is 43.4 Å². The van der Waals surface area contributed by atoms with E-state index < -0.39 is 0 Å². The molecule has 1 aromatic carbocycles. The van der Waals surface area contributed by atoms with Crippen LogP contribution in [0.2, 0.25) is 0 Å². The van der Waals surface area contributed by atoms with Crippen LogP contribution < -0.4 is 14.8 Å². The van der Waals surface area contributed by atoms with Gasteiger partial charge in [0, 0.05) is 17.8 Å². The Kier molecular flexibility index (Phi) is 5.02. The van der Waals surface area contributed by atoms with Gasteiger partial charge >= 0.3 is 0 Å². The summed E-state index contributed by atoms with van der Waals surface area (Å²) in [4.78, 5) is 0. The molecule has 1 N–H and O–H groups in total. The van der Waals surface area contributed by atoms with Gasteiger partial charge in [0.15, 0.2) is 11.5 Å². The van der Waals surface area contributed by atoms with Gasteiger partial charge in [0.05, 0.1) is 4.47 Å². The second kappa shape index (κ2) is 6.80. The topological polar surface area (TPSA) is 30.5 Å². The highest BCUT2D eigenvalue weighted by atomic mass is 79.9. The van der Waals surface area contributed by atoms with E-state index in [1.54, 1.807) is 0 Å². The summed E-state index contributed by atoms with van der Waals surface area (Å²) in [5.74, 6) is 1.67. The first kappa shape index (κ1) is 15.5. The predicted molar refractivity (Wildman–Crippen MR) is 91.3 cm³/mol. The van der Waals surface area contributed by atoms with Gasteiger partial charge < -0.3 is 14.8 Å². The van der Waals surface area contributed by atoms with E-state index in [1.165, 1.54) is 37.7 Å². The van der Waals surface area contributed by atoms with Crippen LogP contribution in [0.5, 0.6) is 11.5 Å². The van der Waals surface area contributed by atoms with E-state index >= 15 is 0 Å². The number of ether oxygens (including phenoxy) is 2. The minimum absolute atomic E-state index is 0.320. The Bertz CT molecular complexity index is 503. The number of thioether (sulfide) groups is 1. The van der Waals surface area contributed by atoms with E-state index in [-0.39, 0.29) is 0 Å². The van der Waals surface area contributed by atoms with Crippen molar-refractivity contribution in [3.63, 3.8) is 0 Å². The summed E-state index contributed by atoms with van der Waals surface area (Å²) in [6.07, 6.45) is 9.08. The van der Waals surface area contributed by atoms with Crippen LogP contribution in [-0.2, 0) is 6.54 Å². The average molecular weight is 372 g/mol. The Hall–Kier alpha value is -0.390. The largest absolute Gasteiger partial charge is 0.454 e. The van der Waals surface area contributed by atoms with Crippen molar-refractivity contribution < 1.29 is 9.47 Å². The maximum atomic E-state index is 5.47. The van der Waals surface area contributed by atoms with Gasteiger partial charge in [-0.25, -0.2) is 0 Å². The molecule has 1 aromatic rings. The Morgan fingerprint density at radius 2 is 2.05 bits per heavy atom. The number of hydrogen-bond acceptors (Lipinski definition) is 4. The number of fused-ring (bicyclic) bond motifs is 1. The van der Waals surface area contributed by atoms with Crippen LogP contribution in [0.4, 0.5) is 0 Å². The normalized spacial score (nSPS) is 19.7. The summed E-state index contributed by atoms with van der Waals surface area (Å²) in [6.45, 7) is 2.28. The lowest BCUT2D eigenvalue weighted by Gasteiger charge is -2.36. The zero-order chi connectivity index (χ0) is 14.7. The van der Waals surface area contributed by atoms with E-state index in [2.05, 4.69) is 39.6 Å². The minimum Gasteiger partial charge on any atom is -0.454 e. The third-order valence-electron chi connectivity index (χ3n) is 4.46. The van der Waals surface area contributed by atoms with Gasteiger partial charge in [-0.1, -0.05) is 19.3 Å². The van der Waals surface area contributed by atoms with Crippen molar-refractivity contribution in [2.75, 3.05) is 19.6 Å². The van der Waals surface area contributed by atoms with Crippen LogP contribution in [0, 0.1) is 0 Å². The highest BCUT2D eigenvalue weighted by Crippen LogP contribution is 2.40. The molecule has 1 aliphatic carbocycles. The number of rotatable bonds is 5. The summed E-state index contributed by atoms with van der Waals surface area (Å²) >= 11 is 5.59. The molecule has 0 bridgehead atoms. The third kappa shape index (κ3) is 3.51. The summed E-state index contributed by atoms with van der Waals surface area (Å²) in [7, 11) is 0. The summed E-state index contributed by atoms with van der Waals surface area (Å²) in [5, 5.41) is 3.64. The fourth-order valence-corrected chi connectivity index (χ4v) is 4.75. The fourth-order valence-electron chi connectivity index (χ4n) is 3.21. The number of halogens is 1. The molecule has 3 nitrogen and oxygen atoms in total. The van der Waals surface area contributed by atoms with Crippen LogP contribution in [0.1, 0.15) is 37.7 Å². The lowest BCUT2D eigenvalue weighted by atomic mass is 9.88. The predicted octanol–water partition coefficient (Wildman–Crippen LogP) is 4.33. The van der Waals surface area contributed by atoms with Gasteiger partial charge in [-0.05, 0) is 52.7 Å². The number of benzene rings is 1. The molecule has 0 unspecified atom stereocenters. The first-order valence-electron chi connectivity index (χ1n) is 7.56. The van der Waals surface area contributed by atoms with Crippen LogP contribution in [-0.4, -0.2) is 24.3 Å². The minimum atomic E-state index is 0.320. The van der Waals surface area contributed by atoms with Crippen LogP contribution >= 0.6 is 27.7 Å². The van der Waals surface area contributed by atoms with E-state index in [1.807, 2.05) is 11.8 Å². The maximum absolute atomic E-state index is 5.47. The Labute approximate surface area is 139 Å². The molecule has 0 spiro atoms. The first-order chi connectivity index (χ1) is 10.2. The summed E-state index contributed by atoms with van der Waals surface area (Å²) in [5.41, 5.74) is 1.23. The summed E-state index contributed by atoms with van der Waals surface area (Å²) < 4.78 is 12.3. The number of hydrogen-bond donors (Lipinski definition) is 1. The van der Waals surface area contributed by atoms with Crippen molar-refractivity contribution in [3.8, 4) is 11.5 Å². The van der Waals surface area contributed by atoms with Gasteiger partial charge in [-0.15, -0.1) is 0 Å². The molecule has 116 valence electrons. The summed E-state index contributed by atoms with van der Waals surface area (Å²) in [6, 6.07) is 4.19. The maximum Gasteiger partial charge on any atom is 0.231 e. The standard InChI is InChI=1S/C16H22BrNO2S/c1-21-16(5-3-2-4-6-16)10-18-9-12-7-13(17)15-14(8-12)19-11-20-15/h7-8,18H,2-6,9-11H2,1H3. The van der Waals surface area contributed by atoms with Crippen molar-refractivity contribution in [2.24, 2.45) is 0 Å². The van der Waals surface area contributed by atoms with Crippen molar-refractivity contribution in [1.82, 2.24) is 5.32 Å². The van der Waals surface area contributed by atoms with Gasteiger partial charge in [0.25, 0.3) is 0 Å². The lowest BCUT2D eigenvalue weighted by molar-refractivity contribution is 0.173. The Morgan fingerprint density at radius 1 is 1.24 bits per heavy atom. The Balaban J connectivity index is 1.59. The molecule has 1 fully saturated rings.